The number of alkyl halides is 3. The van der Waals surface area contributed by atoms with Crippen molar-refractivity contribution in [3.8, 4) is 11.1 Å². The van der Waals surface area contributed by atoms with Crippen molar-refractivity contribution < 1.29 is 13.2 Å². The molecule has 0 spiro atoms. The lowest BCUT2D eigenvalue weighted by atomic mass is 10.0. The topological polar surface area (TPSA) is 43.8 Å². The first-order valence-electron chi connectivity index (χ1n) is 5.41. The predicted octanol–water partition coefficient (Wildman–Crippen LogP) is 3.17. The molecule has 0 saturated heterocycles. The van der Waals surface area contributed by atoms with Crippen molar-refractivity contribution in [1.82, 2.24) is 9.78 Å². The van der Waals surface area contributed by atoms with E-state index in [0.717, 1.165) is 6.07 Å². The Morgan fingerprint density at radius 1 is 1.28 bits per heavy atom. The number of nitrogen functional groups attached to an aromatic ring is 1. The molecule has 0 saturated carbocycles. The molecule has 1 aromatic carbocycles. The summed E-state index contributed by atoms with van der Waals surface area (Å²) in [5, 5.41) is 4.03. The molecular weight excluding hydrogens is 243 g/mol. The van der Waals surface area contributed by atoms with Crippen LogP contribution in [-0.2, 0) is 12.7 Å². The normalized spacial score (nSPS) is 11.8. The summed E-state index contributed by atoms with van der Waals surface area (Å²) in [6.07, 6.45) is -1.21. The number of hydrogen-bond donors (Lipinski definition) is 1. The molecule has 1 aromatic heterocycles. The first-order chi connectivity index (χ1) is 8.41. The molecule has 0 aliphatic carbocycles. The van der Waals surface area contributed by atoms with E-state index in [1.54, 1.807) is 16.9 Å². The number of rotatable bonds is 2. The highest BCUT2D eigenvalue weighted by atomic mass is 19.4. The lowest BCUT2D eigenvalue weighted by Gasteiger charge is -2.11. The van der Waals surface area contributed by atoms with Gasteiger partial charge in [-0.15, -0.1) is 0 Å². The molecule has 2 N–H and O–H groups in total. The molecule has 2 aromatic rings. The fourth-order valence-corrected chi connectivity index (χ4v) is 1.67. The van der Waals surface area contributed by atoms with Gasteiger partial charge in [-0.2, -0.15) is 18.3 Å². The lowest BCUT2D eigenvalue weighted by Crippen LogP contribution is -2.08. The van der Waals surface area contributed by atoms with Crippen LogP contribution in [0.1, 0.15) is 12.5 Å². The van der Waals surface area contributed by atoms with Crippen LogP contribution in [0.25, 0.3) is 11.1 Å². The summed E-state index contributed by atoms with van der Waals surface area (Å²) in [5.74, 6) is 0. The third-order valence-electron chi connectivity index (χ3n) is 2.65. The zero-order chi connectivity index (χ0) is 13.3. The Morgan fingerprint density at radius 2 is 2.00 bits per heavy atom. The molecular formula is C12H12F3N3. The van der Waals surface area contributed by atoms with E-state index < -0.39 is 11.7 Å². The lowest BCUT2D eigenvalue weighted by molar-refractivity contribution is -0.136. The van der Waals surface area contributed by atoms with Crippen LogP contribution < -0.4 is 5.73 Å². The highest BCUT2D eigenvalue weighted by Crippen LogP contribution is 2.36. The van der Waals surface area contributed by atoms with E-state index in [0.29, 0.717) is 17.7 Å². The van der Waals surface area contributed by atoms with Crippen molar-refractivity contribution in [2.45, 2.75) is 19.6 Å². The van der Waals surface area contributed by atoms with Gasteiger partial charge in [-0.25, -0.2) is 0 Å². The van der Waals surface area contributed by atoms with Crippen molar-refractivity contribution >= 4 is 5.69 Å². The first kappa shape index (κ1) is 12.5. The minimum absolute atomic E-state index is 0.269. The van der Waals surface area contributed by atoms with Gasteiger partial charge in [-0.3, -0.25) is 4.68 Å². The van der Waals surface area contributed by atoms with Gasteiger partial charge < -0.3 is 5.73 Å². The van der Waals surface area contributed by atoms with E-state index >= 15 is 0 Å². The average molecular weight is 255 g/mol. The Balaban J connectivity index is 2.47. The van der Waals surface area contributed by atoms with Gasteiger partial charge in [0.25, 0.3) is 0 Å². The van der Waals surface area contributed by atoms with Gasteiger partial charge >= 0.3 is 6.18 Å². The van der Waals surface area contributed by atoms with Crippen LogP contribution in [0.15, 0.2) is 30.6 Å². The molecule has 96 valence electrons. The second-order valence-electron chi connectivity index (χ2n) is 3.88. The predicted molar refractivity (Wildman–Crippen MR) is 62.8 cm³/mol. The molecule has 0 atom stereocenters. The smallest absolute Gasteiger partial charge is 0.398 e. The molecule has 18 heavy (non-hydrogen) atoms. The number of benzene rings is 1. The van der Waals surface area contributed by atoms with Crippen LogP contribution in [0, 0.1) is 0 Å². The van der Waals surface area contributed by atoms with Crippen LogP contribution in [0.5, 0.6) is 0 Å². The Labute approximate surface area is 102 Å². The highest BCUT2D eigenvalue weighted by Gasteiger charge is 2.33. The van der Waals surface area contributed by atoms with Crippen molar-refractivity contribution in [2.75, 3.05) is 5.73 Å². The maximum absolute atomic E-state index is 12.7. The van der Waals surface area contributed by atoms with E-state index in [4.69, 9.17) is 5.73 Å². The Kier molecular flexibility index (Phi) is 3.02. The van der Waals surface area contributed by atoms with Crippen LogP contribution >= 0.6 is 0 Å². The van der Waals surface area contributed by atoms with Gasteiger partial charge in [0.05, 0.1) is 11.8 Å². The van der Waals surface area contributed by atoms with E-state index in [2.05, 4.69) is 5.10 Å². The van der Waals surface area contributed by atoms with Crippen LogP contribution in [0.4, 0.5) is 18.9 Å². The number of nitrogens with zero attached hydrogens (tertiary/aromatic N) is 2. The summed E-state index contributed by atoms with van der Waals surface area (Å²) in [5.41, 5.74) is 5.36. The zero-order valence-electron chi connectivity index (χ0n) is 9.70. The van der Waals surface area contributed by atoms with E-state index in [-0.39, 0.29) is 5.69 Å². The highest BCUT2D eigenvalue weighted by molar-refractivity contribution is 5.67. The Morgan fingerprint density at radius 3 is 2.56 bits per heavy atom. The van der Waals surface area contributed by atoms with E-state index in [9.17, 15) is 13.2 Å². The number of halogens is 3. The molecule has 0 fully saturated rings. The molecule has 3 nitrogen and oxygen atoms in total. The van der Waals surface area contributed by atoms with Crippen LogP contribution in [-0.4, -0.2) is 9.78 Å². The largest absolute Gasteiger partial charge is 0.418 e. The Hall–Kier alpha value is -1.98. The second-order valence-corrected chi connectivity index (χ2v) is 3.88. The SMILES string of the molecule is CCn1cc(-c2ccc(N)c(C(F)(F)F)c2)cn1. The molecule has 0 aliphatic rings. The third-order valence-corrected chi connectivity index (χ3v) is 2.65. The van der Waals surface area contributed by atoms with Gasteiger partial charge in [0, 0.05) is 24.0 Å². The van der Waals surface area contributed by atoms with E-state index in [1.165, 1.54) is 12.3 Å². The Bertz CT molecular complexity index is 558. The molecule has 2 rings (SSSR count). The number of anilines is 1. The molecule has 0 radical (unpaired) electrons. The molecule has 0 amide bonds. The van der Waals surface area contributed by atoms with Gasteiger partial charge in [-0.05, 0) is 24.6 Å². The quantitative estimate of drug-likeness (QED) is 0.837. The number of nitrogens with two attached hydrogens (primary N) is 1. The van der Waals surface area contributed by atoms with Crippen LogP contribution in [0.2, 0.25) is 0 Å². The van der Waals surface area contributed by atoms with Crippen molar-refractivity contribution in [2.24, 2.45) is 0 Å². The molecule has 6 heteroatoms. The second kappa shape index (κ2) is 4.36. The number of hydrogen-bond acceptors (Lipinski definition) is 2. The molecule has 0 bridgehead atoms. The van der Waals surface area contributed by atoms with Crippen molar-refractivity contribution in [3.05, 3.63) is 36.2 Å². The fourth-order valence-electron chi connectivity index (χ4n) is 1.67. The minimum Gasteiger partial charge on any atom is -0.398 e. The maximum atomic E-state index is 12.7. The zero-order valence-corrected chi connectivity index (χ0v) is 9.70. The van der Waals surface area contributed by atoms with E-state index in [1.807, 2.05) is 6.92 Å². The average Bonchev–Trinajstić information content (AvgIpc) is 2.76. The molecule has 0 aliphatic heterocycles. The summed E-state index contributed by atoms with van der Waals surface area (Å²) in [7, 11) is 0. The summed E-state index contributed by atoms with van der Waals surface area (Å²) in [4.78, 5) is 0. The van der Waals surface area contributed by atoms with Gasteiger partial charge in [-0.1, -0.05) is 6.07 Å². The fraction of sp³-hybridized carbons (Fsp3) is 0.250. The van der Waals surface area contributed by atoms with Crippen molar-refractivity contribution in [1.29, 1.82) is 0 Å². The van der Waals surface area contributed by atoms with Gasteiger partial charge in [0.2, 0.25) is 0 Å². The number of aryl methyl sites for hydroxylation is 1. The summed E-state index contributed by atoms with van der Waals surface area (Å²) in [6, 6.07) is 3.87. The summed E-state index contributed by atoms with van der Waals surface area (Å²) in [6.45, 7) is 2.57. The van der Waals surface area contributed by atoms with Gasteiger partial charge in [0.1, 0.15) is 0 Å². The van der Waals surface area contributed by atoms with Crippen molar-refractivity contribution in [3.63, 3.8) is 0 Å². The summed E-state index contributed by atoms with van der Waals surface area (Å²) >= 11 is 0. The monoisotopic (exact) mass is 255 g/mol. The number of aromatic nitrogens is 2. The first-order valence-corrected chi connectivity index (χ1v) is 5.41. The van der Waals surface area contributed by atoms with Gasteiger partial charge in [0.15, 0.2) is 0 Å². The minimum atomic E-state index is -4.44. The summed E-state index contributed by atoms with van der Waals surface area (Å²) < 4.78 is 39.8. The maximum Gasteiger partial charge on any atom is 0.418 e. The molecule has 0 unspecified atom stereocenters. The standard InChI is InChI=1S/C12H12F3N3/c1-2-18-7-9(6-17-18)8-3-4-11(16)10(5-8)12(13,14)15/h3-7H,2,16H2,1H3. The molecule has 1 heterocycles. The van der Waals surface area contributed by atoms with Crippen LogP contribution in [0.3, 0.4) is 0 Å². The third kappa shape index (κ3) is 2.32.